The molecule has 1 aromatic rings. The van der Waals surface area contributed by atoms with Crippen LogP contribution in [0.4, 0.5) is 5.69 Å². The topological polar surface area (TPSA) is 56.1 Å². The largest absolute Gasteiger partial charge is 0.325 e. The summed E-state index contributed by atoms with van der Waals surface area (Å²) in [6, 6.07) is 6.81. The van der Waals surface area contributed by atoms with Gasteiger partial charge in [0.1, 0.15) is 0 Å². The second-order valence-electron chi connectivity index (χ2n) is 3.51. The van der Waals surface area contributed by atoms with Crippen LogP contribution in [0.5, 0.6) is 0 Å². The van der Waals surface area contributed by atoms with Crippen LogP contribution in [-0.2, 0) is 4.79 Å². The lowest BCUT2D eigenvalue weighted by molar-refractivity contribution is -0.116. The van der Waals surface area contributed by atoms with Crippen molar-refractivity contribution in [1.82, 2.24) is 4.90 Å². The van der Waals surface area contributed by atoms with E-state index in [1.54, 1.807) is 30.1 Å². The van der Waals surface area contributed by atoms with Crippen molar-refractivity contribution < 1.29 is 4.79 Å². The Kier molecular flexibility index (Phi) is 5.23. The second kappa shape index (κ2) is 6.45. The molecule has 0 aliphatic rings. The third-order valence-electron chi connectivity index (χ3n) is 1.96. The number of nitriles is 1. The van der Waals surface area contributed by atoms with Crippen molar-refractivity contribution >= 4 is 34.8 Å². The first kappa shape index (κ1) is 13.8. The molecule has 90 valence electrons. The summed E-state index contributed by atoms with van der Waals surface area (Å²) in [4.78, 5) is 13.2. The summed E-state index contributed by atoms with van der Waals surface area (Å²) >= 11 is 11.6. The zero-order valence-corrected chi connectivity index (χ0v) is 10.7. The van der Waals surface area contributed by atoms with Gasteiger partial charge in [0.25, 0.3) is 0 Å². The Balaban J connectivity index is 2.57. The monoisotopic (exact) mass is 271 g/mol. The number of carbonyl (C=O) groups is 1. The van der Waals surface area contributed by atoms with E-state index in [1.165, 1.54) is 0 Å². The van der Waals surface area contributed by atoms with Crippen molar-refractivity contribution in [3.8, 4) is 6.07 Å². The maximum Gasteiger partial charge on any atom is 0.238 e. The minimum atomic E-state index is -0.207. The number of halogens is 2. The minimum Gasteiger partial charge on any atom is -0.325 e. The van der Waals surface area contributed by atoms with Gasteiger partial charge in [-0.2, -0.15) is 5.26 Å². The molecule has 0 bridgehead atoms. The molecular formula is C11H11Cl2N3O. The van der Waals surface area contributed by atoms with E-state index in [0.717, 1.165) is 0 Å². The van der Waals surface area contributed by atoms with Crippen LogP contribution in [0, 0.1) is 11.3 Å². The summed E-state index contributed by atoms with van der Waals surface area (Å²) in [5.41, 5.74) is 0.578. The number of anilines is 1. The van der Waals surface area contributed by atoms with Crippen LogP contribution >= 0.6 is 23.2 Å². The molecule has 17 heavy (non-hydrogen) atoms. The van der Waals surface area contributed by atoms with Crippen LogP contribution in [-0.4, -0.2) is 30.9 Å². The predicted octanol–water partition coefficient (Wildman–Crippen LogP) is 2.39. The van der Waals surface area contributed by atoms with Gasteiger partial charge in [-0.15, -0.1) is 0 Å². The van der Waals surface area contributed by atoms with Crippen LogP contribution in [0.3, 0.4) is 0 Å². The van der Waals surface area contributed by atoms with Gasteiger partial charge in [0.2, 0.25) is 5.91 Å². The molecule has 0 fully saturated rings. The van der Waals surface area contributed by atoms with Crippen LogP contribution in [0.2, 0.25) is 10.0 Å². The highest BCUT2D eigenvalue weighted by Crippen LogP contribution is 2.24. The standard InChI is InChI=1S/C11H11Cl2N3O/c1-16(5-4-14)7-11(17)15-8-2-3-9(12)10(13)6-8/h2-3,6H,5,7H2,1H3,(H,15,17). The van der Waals surface area contributed by atoms with Gasteiger partial charge in [0.05, 0.1) is 29.2 Å². The highest BCUT2D eigenvalue weighted by atomic mass is 35.5. The quantitative estimate of drug-likeness (QED) is 0.856. The molecule has 0 spiro atoms. The van der Waals surface area contributed by atoms with Crippen molar-refractivity contribution in [3.63, 3.8) is 0 Å². The minimum absolute atomic E-state index is 0.147. The van der Waals surface area contributed by atoms with E-state index in [1.807, 2.05) is 6.07 Å². The Morgan fingerprint density at radius 2 is 2.18 bits per heavy atom. The normalized spacial score (nSPS) is 10.1. The van der Waals surface area contributed by atoms with Crippen molar-refractivity contribution in [1.29, 1.82) is 5.26 Å². The molecule has 0 unspecified atom stereocenters. The average molecular weight is 272 g/mol. The zero-order chi connectivity index (χ0) is 12.8. The molecule has 0 radical (unpaired) electrons. The molecule has 0 aliphatic carbocycles. The Labute approximate surface area is 110 Å². The van der Waals surface area contributed by atoms with E-state index in [4.69, 9.17) is 28.5 Å². The lowest BCUT2D eigenvalue weighted by Gasteiger charge is -2.12. The fourth-order valence-electron chi connectivity index (χ4n) is 1.20. The molecule has 1 N–H and O–H groups in total. The smallest absolute Gasteiger partial charge is 0.238 e. The molecule has 0 aromatic heterocycles. The van der Waals surface area contributed by atoms with Gasteiger partial charge in [-0.1, -0.05) is 23.2 Å². The van der Waals surface area contributed by atoms with Gasteiger partial charge in [-0.05, 0) is 25.2 Å². The predicted molar refractivity (Wildman–Crippen MR) is 68.2 cm³/mol. The zero-order valence-electron chi connectivity index (χ0n) is 9.20. The van der Waals surface area contributed by atoms with E-state index in [-0.39, 0.29) is 19.0 Å². The maximum atomic E-state index is 11.6. The molecule has 0 saturated carbocycles. The van der Waals surface area contributed by atoms with Gasteiger partial charge < -0.3 is 5.32 Å². The van der Waals surface area contributed by atoms with Crippen molar-refractivity contribution in [2.24, 2.45) is 0 Å². The number of benzene rings is 1. The number of hydrogen-bond donors (Lipinski definition) is 1. The number of nitrogens with zero attached hydrogens (tertiary/aromatic N) is 2. The Morgan fingerprint density at radius 1 is 1.47 bits per heavy atom. The average Bonchev–Trinajstić information content (AvgIpc) is 2.23. The number of nitrogens with one attached hydrogen (secondary N) is 1. The first-order chi connectivity index (χ1) is 8.02. The molecule has 0 saturated heterocycles. The number of amides is 1. The number of hydrogen-bond acceptors (Lipinski definition) is 3. The fourth-order valence-corrected chi connectivity index (χ4v) is 1.49. The lowest BCUT2D eigenvalue weighted by Crippen LogP contribution is -2.30. The maximum absolute atomic E-state index is 11.6. The van der Waals surface area contributed by atoms with E-state index in [2.05, 4.69) is 5.32 Å². The summed E-state index contributed by atoms with van der Waals surface area (Å²) in [6.45, 7) is 0.350. The van der Waals surface area contributed by atoms with Gasteiger partial charge in [-0.25, -0.2) is 0 Å². The molecule has 6 heteroatoms. The molecule has 1 aromatic carbocycles. The van der Waals surface area contributed by atoms with Gasteiger partial charge in [-0.3, -0.25) is 9.69 Å². The van der Waals surface area contributed by atoms with Crippen LogP contribution in [0.25, 0.3) is 0 Å². The summed E-state index contributed by atoms with van der Waals surface area (Å²) in [5.74, 6) is -0.207. The van der Waals surface area contributed by atoms with Crippen LogP contribution in [0.1, 0.15) is 0 Å². The first-order valence-corrected chi connectivity index (χ1v) is 5.59. The molecule has 0 heterocycles. The Hall–Kier alpha value is -1.28. The third-order valence-corrected chi connectivity index (χ3v) is 2.70. The highest BCUT2D eigenvalue weighted by molar-refractivity contribution is 6.42. The van der Waals surface area contributed by atoms with Crippen molar-refractivity contribution in [2.75, 3.05) is 25.5 Å². The van der Waals surface area contributed by atoms with Crippen LogP contribution in [0.15, 0.2) is 18.2 Å². The van der Waals surface area contributed by atoms with E-state index >= 15 is 0 Å². The van der Waals surface area contributed by atoms with Gasteiger partial charge >= 0.3 is 0 Å². The first-order valence-electron chi connectivity index (χ1n) is 4.83. The number of likely N-dealkylation sites (N-methyl/N-ethyl adjacent to an activating group) is 1. The molecule has 1 rings (SSSR count). The van der Waals surface area contributed by atoms with E-state index in [0.29, 0.717) is 15.7 Å². The molecular weight excluding hydrogens is 261 g/mol. The van der Waals surface area contributed by atoms with Crippen molar-refractivity contribution in [2.45, 2.75) is 0 Å². The second-order valence-corrected chi connectivity index (χ2v) is 4.32. The third kappa shape index (κ3) is 4.61. The van der Waals surface area contributed by atoms with Crippen molar-refractivity contribution in [3.05, 3.63) is 28.2 Å². The molecule has 0 aliphatic heterocycles. The molecule has 4 nitrogen and oxygen atoms in total. The highest BCUT2D eigenvalue weighted by Gasteiger charge is 2.07. The van der Waals surface area contributed by atoms with E-state index < -0.39 is 0 Å². The molecule has 0 atom stereocenters. The number of carbonyl (C=O) groups excluding carboxylic acids is 1. The fraction of sp³-hybridized carbons (Fsp3) is 0.273. The van der Waals surface area contributed by atoms with Crippen LogP contribution < -0.4 is 5.32 Å². The number of rotatable bonds is 4. The Bertz CT molecular complexity index is 457. The SMILES string of the molecule is CN(CC#N)CC(=O)Nc1ccc(Cl)c(Cl)c1. The lowest BCUT2D eigenvalue weighted by atomic mass is 10.3. The summed E-state index contributed by atoms with van der Waals surface area (Å²) in [5, 5.41) is 11.9. The van der Waals surface area contributed by atoms with Gasteiger partial charge in [0, 0.05) is 5.69 Å². The molecule has 1 amide bonds. The van der Waals surface area contributed by atoms with Gasteiger partial charge in [0.15, 0.2) is 0 Å². The summed E-state index contributed by atoms with van der Waals surface area (Å²) in [6.07, 6.45) is 0. The summed E-state index contributed by atoms with van der Waals surface area (Å²) in [7, 11) is 1.69. The summed E-state index contributed by atoms with van der Waals surface area (Å²) < 4.78 is 0. The van der Waals surface area contributed by atoms with E-state index in [9.17, 15) is 4.79 Å². The Morgan fingerprint density at radius 3 is 2.76 bits per heavy atom.